The summed E-state index contributed by atoms with van der Waals surface area (Å²) in [7, 11) is 1.72. The molecule has 3 N–H and O–H groups in total. The maximum absolute atomic E-state index is 13.8. The zero-order valence-corrected chi connectivity index (χ0v) is 28.1. The second-order valence-corrected chi connectivity index (χ2v) is 10.9. The van der Waals surface area contributed by atoms with Crippen LogP contribution in [0.4, 0.5) is 32.0 Å². The fraction of sp³-hybridized carbons (Fsp3) is 0.278. The van der Waals surface area contributed by atoms with Crippen molar-refractivity contribution in [2.45, 2.75) is 53.3 Å². The Hall–Kier alpha value is -5.40. The van der Waals surface area contributed by atoms with E-state index in [4.69, 9.17) is 5.11 Å². The zero-order valence-electron chi connectivity index (χ0n) is 28.1. The first-order chi connectivity index (χ1) is 23.5. The van der Waals surface area contributed by atoms with Crippen LogP contribution >= 0.6 is 0 Å². The van der Waals surface area contributed by atoms with E-state index < -0.39 is 53.5 Å². The molecule has 1 unspecified atom stereocenters. The fourth-order valence-electron chi connectivity index (χ4n) is 5.24. The number of carboxylic acid groups (broad SMARTS) is 1. The number of nitrogens with one attached hydrogen (secondary N) is 2. The van der Waals surface area contributed by atoms with Crippen LogP contribution in [0.5, 0.6) is 0 Å². The molecule has 8 nitrogen and oxygen atoms in total. The molecule has 3 aromatic carbocycles. The zero-order chi connectivity index (χ0) is 37.5. The fourth-order valence-corrected chi connectivity index (χ4v) is 5.24. The smallest absolute Gasteiger partial charge is 0.408 e. The first kappa shape index (κ1) is 39.0. The summed E-state index contributed by atoms with van der Waals surface area (Å²) < 4.78 is 80.8. The predicted molar refractivity (Wildman–Crippen MR) is 181 cm³/mol. The summed E-state index contributed by atoms with van der Waals surface area (Å²) in [6.07, 6.45) is -3.25. The Morgan fingerprint density at radius 3 is 2.18 bits per heavy atom. The molecule has 0 radical (unpaired) electrons. The quantitative estimate of drug-likeness (QED) is 0.148. The van der Waals surface area contributed by atoms with Crippen LogP contribution < -0.4 is 16.2 Å². The van der Waals surface area contributed by atoms with E-state index in [1.807, 2.05) is 57.3 Å². The van der Waals surface area contributed by atoms with Crippen LogP contribution in [0.25, 0.3) is 32.9 Å². The lowest BCUT2D eigenvalue weighted by Crippen LogP contribution is -2.35. The highest BCUT2D eigenvalue weighted by molar-refractivity contribution is 5.99. The van der Waals surface area contributed by atoms with Gasteiger partial charge >= 0.3 is 12.1 Å². The van der Waals surface area contributed by atoms with Gasteiger partial charge in [0.2, 0.25) is 0 Å². The molecule has 266 valence electrons. The van der Waals surface area contributed by atoms with Crippen LogP contribution in [-0.2, 0) is 11.8 Å². The molecule has 0 saturated heterocycles. The number of aromatic nitrogens is 2. The summed E-state index contributed by atoms with van der Waals surface area (Å²) in [5, 5.41) is 13.8. The maximum atomic E-state index is 13.8. The number of amides is 1. The molecule has 0 aliphatic rings. The van der Waals surface area contributed by atoms with Crippen molar-refractivity contribution < 1.29 is 41.0 Å². The number of nitrogens with zero attached hydrogens (tertiary/aromatic N) is 2. The first-order valence-electron chi connectivity index (χ1n) is 15.5. The third-order valence-electron chi connectivity index (χ3n) is 7.69. The molecule has 14 heteroatoms. The van der Waals surface area contributed by atoms with E-state index >= 15 is 0 Å². The molecule has 0 bridgehead atoms. The van der Waals surface area contributed by atoms with Gasteiger partial charge in [-0.05, 0) is 67.8 Å². The molecule has 1 atom stereocenters. The van der Waals surface area contributed by atoms with E-state index in [9.17, 15) is 40.7 Å². The van der Waals surface area contributed by atoms with Gasteiger partial charge < -0.3 is 20.3 Å². The Morgan fingerprint density at radius 1 is 0.960 bits per heavy atom. The summed E-state index contributed by atoms with van der Waals surface area (Å²) >= 11 is 0. The third-order valence-corrected chi connectivity index (χ3v) is 7.69. The lowest BCUT2D eigenvalue weighted by Gasteiger charge is -2.21. The number of carbonyl (C=O) groups is 2. The molecule has 0 aliphatic heterocycles. The van der Waals surface area contributed by atoms with Gasteiger partial charge in [0.05, 0.1) is 16.6 Å². The average Bonchev–Trinajstić information content (AvgIpc) is 3.06. The Morgan fingerprint density at radius 2 is 1.60 bits per heavy atom. The van der Waals surface area contributed by atoms with E-state index in [0.717, 1.165) is 38.5 Å². The van der Waals surface area contributed by atoms with Gasteiger partial charge in [0.15, 0.2) is 0 Å². The Labute approximate surface area is 283 Å². The highest BCUT2D eigenvalue weighted by atomic mass is 19.4. The number of halogens is 6. The molecule has 0 aliphatic carbocycles. The van der Waals surface area contributed by atoms with Gasteiger partial charge in [0.25, 0.3) is 11.5 Å². The van der Waals surface area contributed by atoms with E-state index in [-0.39, 0.29) is 17.8 Å². The molecular formula is C36H36F6N4O4. The molecule has 50 heavy (non-hydrogen) atoms. The monoisotopic (exact) mass is 702 g/mol. The van der Waals surface area contributed by atoms with E-state index in [1.54, 1.807) is 29.2 Å². The molecular weight excluding hydrogens is 666 g/mol. The number of aryl methyl sites for hydroxylation is 3. The lowest BCUT2D eigenvalue weighted by atomic mass is 9.94. The molecule has 5 aromatic rings. The number of fused-ring (bicyclic) bond motifs is 2. The van der Waals surface area contributed by atoms with Gasteiger partial charge in [0.1, 0.15) is 35.6 Å². The molecule has 0 spiro atoms. The van der Waals surface area contributed by atoms with E-state index in [1.165, 1.54) is 19.1 Å². The predicted octanol–water partition coefficient (Wildman–Crippen LogP) is 8.07. The van der Waals surface area contributed by atoms with Gasteiger partial charge in [-0.3, -0.25) is 19.4 Å². The summed E-state index contributed by atoms with van der Waals surface area (Å²) in [4.78, 5) is 39.3. The average molecular weight is 703 g/mol. The van der Waals surface area contributed by atoms with Crippen LogP contribution in [0.1, 0.15) is 48.7 Å². The van der Waals surface area contributed by atoms with Crippen LogP contribution in [0.2, 0.25) is 0 Å². The van der Waals surface area contributed by atoms with Gasteiger partial charge in [-0.15, -0.1) is 0 Å². The highest BCUT2D eigenvalue weighted by Gasteiger charge is 2.38. The van der Waals surface area contributed by atoms with E-state index in [2.05, 4.69) is 4.98 Å². The van der Waals surface area contributed by atoms with E-state index in [0.29, 0.717) is 17.7 Å². The van der Waals surface area contributed by atoms with Crippen molar-refractivity contribution in [3.63, 3.8) is 0 Å². The van der Waals surface area contributed by atoms with Crippen LogP contribution in [0.3, 0.4) is 0 Å². The van der Waals surface area contributed by atoms with Gasteiger partial charge in [-0.2, -0.15) is 13.2 Å². The second kappa shape index (κ2) is 16.3. The number of carboxylic acids is 1. The summed E-state index contributed by atoms with van der Waals surface area (Å²) in [6, 6.07) is 11.4. The minimum Gasteiger partial charge on any atom is -0.480 e. The van der Waals surface area contributed by atoms with Crippen molar-refractivity contribution in [3.8, 4) is 11.1 Å². The van der Waals surface area contributed by atoms with Crippen molar-refractivity contribution in [3.05, 3.63) is 105 Å². The van der Waals surface area contributed by atoms with Crippen LogP contribution in [0, 0.1) is 31.3 Å². The largest absolute Gasteiger partial charge is 0.480 e. The normalized spacial score (nSPS) is 11.6. The van der Waals surface area contributed by atoms with Crippen molar-refractivity contribution >= 4 is 39.4 Å². The Balaban J connectivity index is 0.000000259. The van der Waals surface area contributed by atoms with Crippen LogP contribution in [-0.4, -0.2) is 45.3 Å². The summed E-state index contributed by atoms with van der Waals surface area (Å²) in [5.41, 5.74) is 3.08. The van der Waals surface area contributed by atoms with Gasteiger partial charge in [-0.1, -0.05) is 39.0 Å². The third kappa shape index (κ3) is 8.60. The van der Waals surface area contributed by atoms with Crippen molar-refractivity contribution in [2.75, 3.05) is 11.9 Å². The topological polar surface area (TPSA) is 113 Å². The number of hydrogen-bond acceptors (Lipinski definition) is 5. The molecule has 2 aromatic heterocycles. The Kier molecular flexibility index (Phi) is 12.8. The number of hydrogen-bond donors (Lipinski definition) is 3. The van der Waals surface area contributed by atoms with Crippen LogP contribution in [0.15, 0.2) is 65.6 Å². The van der Waals surface area contributed by atoms with Crippen molar-refractivity contribution in [1.82, 2.24) is 14.9 Å². The molecule has 2 heterocycles. The lowest BCUT2D eigenvalue weighted by molar-refractivity contribution is -0.143. The maximum Gasteiger partial charge on any atom is 0.408 e. The SMILES string of the molecule is CC.CCC(Nc1cc(F)c(C(=O)NCC(=O)O)c(F)c1)C(F)(F)F.Cc1ccc(-c2c(C)c3cc(F)ccc3n(C)c2=O)c2ncccc12. The number of rotatable bonds is 7. The van der Waals surface area contributed by atoms with Crippen molar-refractivity contribution in [1.29, 1.82) is 0 Å². The van der Waals surface area contributed by atoms with Gasteiger partial charge in [-0.25, -0.2) is 13.2 Å². The minimum atomic E-state index is -4.61. The number of anilines is 1. The summed E-state index contributed by atoms with van der Waals surface area (Å²) in [6.45, 7) is 8.27. The molecule has 0 fully saturated rings. The summed E-state index contributed by atoms with van der Waals surface area (Å²) in [5.74, 6) is -5.88. The number of pyridine rings is 2. The Bertz CT molecular complexity index is 2070. The number of alkyl halides is 3. The molecule has 0 saturated carbocycles. The first-order valence-corrected chi connectivity index (χ1v) is 15.5. The molecule has 5 rings (SSSR count). The number of benzene rings is 3. The second-order valence-electron chi connectivity index (χ2n) is 10.9. The van der Waals surface area contributed by atoms with Crippen molar-refractivity contribution in [2.24, 2.45) is 7.05 Å². The highest BCUT2D eigenvalue weighted by Crippen LogP contribution is 2.32. The number of carbonyl (C=O) groups excluding carboxylic acids is 1. The molecule has 1 amide bonds. The van der Waals surface area contributed by atoms with Gasteiger partial charge in [0, 0.05) is 35.3 Å². The number of aliphatic carboxylic acids is 1. The standard InChI is InChI=1S/C21H17FN2O.C13H13F5N2O3.C2H6/c1-12-6-8-16(20-15(12)5-4-10-23-20)19-13(2)17-11-14(22)7-9-18(17)24(3)21(19)25;1-2-9(13(16,17)18)20-6-3-7(14)11(8(15)4-6)12(23)19-5-10(21)22;1-2/h4-11H,1-3H3;3-4,9,20H,2,5H2,1H3,(H,19,23)(H,21,22);1-2H3. The minimum absolute atomic E-state index is 0.104.